The number of Topliss-reactive ketones (excluding diaryl/α,β-unsaturated/α-hetero) is 2. The third-order valence-electron chi connectivity index (χ3n) is 16.8. The Hall–Kier alpha value is -6.87. The fourth-order valence-corrected chi connectivity index (χ4v) is 9.63. The number of allylic oxidation sites excluding steroid dienone is 1. The highest BCUT2D eigenvalue weighted by atomic mass is 16.6. The fourth-order valence-electron chi connectivity index (χ4n) is 9.63. The molecule has 109 heavy (non-hydrogen) atoms. The number of hydrogen-bond acceptors (Lipinski definition) is 25. The van der Waals surface area contributed by atoms with E-state index in [9.17, 15) is 53.6 Å². The molecule has 3 atom stereocenters. The molecule has 0 saturated heterocycles. The Kier molecular flexibility index (Phi) is 74.8. The van der Waals surface area contributed by atoms with Gasteiger partial charge in [-0.1, -0.05) is 76.5 Å². The maximum absolute atomic E-state index is 13.4. The van der Waals surface area contributed by atoms with E-state index in [0.717, 1.165) is 51.4 Å². The zero-order valence-corrected chi connectivity index (χ0v) is 67.0. The summed E-state index contributed by atoms with van der Waals surface area (Å²) in [5.74, 6) is -2.94. The van der Waals surface area contributed by atoms with E-state index >= 15 is 0 Å². The van der Waals surface area contributed by atoms with Gasteiger partial charge in [-0.3, -0.25) is 43.2 Å². The van der Waals surface area contributed by atoms with E-state index in [4.69, 9.17) is 49.4 Å². The molecule has 0 aliphatic rings. The van der Waals surface area contributed by atoms with Gasteiger partial charge in [0.1, 0.15) is 32.2 Å². The molecule has 0 heterocycles. The normalized spacial score (nSPS) is 12.3. The summed E-state index contributed by atoms with van der Waals surface area (Å²) in [5.41, 5.74) is 15.2. The number of rotatable bonds is 72. The number of ether oxygens (including phenoxy) is 8. The number of nitrogens with zero attached hydrogens (tertiary/aromatic N) is 2. The molecular formula is C77H145N13O19. The minimum atomic E-state index is -0.685. The van der Waals surface area contributed by atoms with Gasteiger partial charge in [-0.15, -0.1) is 11.5 Å². The SMILES string of the molecule is C.C=C=C.C=C=CCCC.CN[C@@H](CCCCNC(=O)COCCOCCOCC(=O)CCCCCCCOCCOCCCNC(=O)COCCOCCOCC(=O)NCCCC[C@H](CC(=O)CCCC(=O)NC(CNC(C)(C)/C(C)=N/O)CNC(C)(C)/C(C)=N/O)C(=O)NCCCC[C@H](NC)C(N)=O)C(N)=O. The highest BCUT2D eigenvalue weighted by molar-refractivity contribution is 5.91. The molecule has 0 radical (unpaired) electrons. The first-order chi connectivity index (χ1) is 51.7. The number of nitrogens with one attached hydrogen (secondary N) is 9. The van der Waals surface area contributed by atoms with Gasteiger partial charge in [-0.25, -0.2) is 0 Å². The number of likely N-dealkylation sites (N-methyl/N-ethyl adjacent to an activating group) is 2. The third-order valence-corrected chi connectivity index (χ3v) is 16.8. The molecule has 7 amide bonds. The van der Waals surface area contributed by atoms with Crippen LogP contribution in [0.3, 0.4) is 0 Å². The maximum Gasteiger partial charge on any atom is 0.246 e. The molecular weight excluding hydrogens is 1410 g/mol. The Labute approximate surface area is 651 Å². The molecule has 0 saturated carbocycles. The average Bonchev–Trinajstić information content (AvgIpc) is 0.884. The maximum atomic E-state index is 13.4. The van der Waals surface area contributed by atoms with E-state index in [0.29, 0.717) is 155 Å². The zero-order valence-electron chi connectivity index (χ0n) is 67.0. The number of hydrogen-bond donors (Lipinski definition) is 13. The first kappa shape index (κ1) is 108. The minimum absolute atomic E-state index is 0. The Morgan fingerprint density at radius 2 is 0.844 bits per heavy atom. The van der Waals surface area contributed by atoms with E-state index in [1.807, 2.05) is 33.8 Å². The number of carbonyl (C=O) groups is 9. The van der Waals surface area contributed by atoms with Gasteiger partial charge >= 0.3 is 0 Å². The van der Waals surface area contributed by atoms with Crippen LogP contribution in [0.15, 0.2) is 47.6 Å². The van der Waals surface area contributed by atoms with Crippen LogP contribution in [0.4, 0.5) is 0 Å². The summed E-state index contributed by atoms with van der Waals surface area (Å²) in [4.78, 5) is 111. The van der Waals surface area contributed by atoms with E-state index in [-0.39, 0.29) is 140 Å². The monoisotopic (exact) mass is 1560 g/mol. The van der Waals surface area contributed by atoms with Crippen molar-refractivity contribution in [2.75, 3.05) is 159 Å². The second kappa shape index (κ2) is 75.2. The van der Waals surface area contributed by atoms with Crippen LogP contribution in [-0.2, 0) is 81.0 Å². The van der Waals surface area contributed by atoms with Crippen LogP contribution < -0.4 is 59.3 Å². The first-order valence-electron chi connectivity index (χ1n) is 38.2. The van der Waals surface area contributed by atoms with Crippen molar-refractivity contribution >= 4 is 64.3 Å². The van der Waals surface area contributed by atoms with Crippen molar-refractivity contribution in [2.24, 2.45) is 27.7 Å². The van der Waals surface area contributed by atoms with Crippen LogP contribution in [0.1, 0.15) is 197 Å². The fraction of sp³-hybridized carbons (Fsp3) is 0.779. The average molecular weight is 1560 g/mol. The van der Waals surface area contributed by atoms with Crippen LogP contribution in [0, 0.1) is 5.92 Å². The van der Waals surface area contributed by atoms with Gasteiger partial charge in [-0.2, -0.15) is 0 Å². The third kappa shape index (κ3) is 68.9. The van der Waals surface area contributed by atoms with Crippen molar-refractivity contribution in [2.45, 2.75) is 226 Å². The summed E-state index contributed by atoms with van der Waals surface area (Å²) in [6.45, 7) is 28.4. The van der Waals surface area contributed by atoms with Crippen molar-refractivity contribution in [1.29, 1.82) is 0 Å². The van der Waals surface area contributed by atoms with Gasteiger partial charge in [0, 0.05) is 84.1 Å². The number of carbonyl (C=O) groups excluding carboxylic acids is 9. The predicted octanol–water partition coefficient (Wildman–Crippen LogP) is 4.93. The second-order valence-electron chi connectivity index (χ2n) is 26.8. The lowest BCUT2D eigenvalue weighted by Gasteiger charge is -2.32. The molecule has 15 N–H and O–H groups in total. The number of ketones is 2. The molecule has 0 spiro atoms. The van der Waals surface area contributed by atoms with Crippen LogP contribution in [-0.4, -0.2) is 263 Å². The van der Waals surface area contributed by atoms with Crippen LogP contribution >= 0.6 is 0 Å². The molecule has 0 aliphatic carbocycles. The smallest absolute Gasteiger partial charge is 0.246 e. The number of unbranched alkanes of at least 4 members (excludes halogenated alkanes) is 8. The zero-order chi connectivity index (χ0) is 81.3. The van der Waals surface area contributed by atoms with Gasteiger partial charge in [0.25, 0.3) is 0 Å². The lowest BCUT2D eigenvalue weighted by molar-refractivity contribution is -0.130. The Bertz CT molecular complexity index is 2520. The molecule has 0 unspecified atom stereocenters. The number of nitrogens with two attached hydrogens (primary N) is 2. The van der Waals surface area contributed by atoms with Crippen molar-refractivity contribution in [1.82, 2.24) is 47.9 Å². The predicted molar refractivity (Wildman–Crippen MR) is 425 cm³/mol. The lowest BCUT2D eigenvalue weighted by atomic mass is 9.93. The standard InChI is InChI=1S/C67H127N13O19.C6H10.C3H4.CH4/c1-51(79-90)66(3,4)76-45-54(46-77-67(5,6)52(2)80-91)78-59(83)27-20-24-55(81)44-53(65(89)75-30-18-15-26-58(71-8)64(69)88)22-13-16-28-72-60(84)48-98-42-38-95-39-43-99-50-62(86)74-31-21-33-93-35-34-92-32-19-11-9-10-12-23-56(82)47-96-40-36-94-37-41-97-49-61(85)73-29-17-14-25-57(70-7)63(68)87;1-3-5-6-4-2;1-3-2;/h53-54,57-58,70-71,76-77,90-91H,9-50H2,1-8H3,(H2,68,87)(H2,69,88)(H,72,84)(H,73,85)(H,74,86)(H,75,89)(H,78,83);5H,1,4,6H2,2H3;1-2H2;1H4/b79-51+,80-52+;;;/t53-,57+,58+;;;/m1.../s1. The summed E-state index contributed by atoms with van der Waals surface area (Å²) >= 11 is 0. The number of oxime groups is 2. The van der Waals surface area contributed by atoms with Gasteiger partial charge in [-0.05, 0) is 145 Å². The molecule has 0 rings (SSSR count). The molecule has 0 bridgehead atoms. The van der Waals surface area contributed by atoms with Gasteiger partial charge in [0.2, 0.25) is 41.4 Å². The van der Waals surface area contributed by atoms with Crippen molar-refractivity contribution in [3.8, 4) is 0 Å². The summed E-state index contributed by atoms with van der Waals surface area (Å²) in [5, 5.41) is 52.0. The van der Waals surface area contributed by atoms with Gasteiger partial charge in [0.15, 0.2) is 5.78 Å². The molecule has 632 valence electrons. The van der Waals surface area contributed by atoms with Gasteiger partial charge < -0.3 is 108 Å². The molecule has 0 aromatic carbocycles. The van der Waals surface area contributed by atoms with E-state index < -0.39 is 40.9 Å². The first-order valence-corrected chi connectivity index (χ1v) is 38.2. The number of amides is 7. The topological polar surface area (TPSA) is 453 Å². The largest absolute Gasteiger partial charge is 0.411 e. The molecule has 32 heteroatoms. The summed E-state index contributed by atoms with van der Waals surface area (Å²) < 4.78 is 43.7. The Morgan fingerprint density at radius 1 is 0.468 bits per heavy atom. The molecule has 0 fully saturated rings. The molecule has 0 aliphatic heterocycles. The quantitative estimate of drug-likeness (QED) is 0.0126. The van der Waals surface area contributed by atoms with E-state index in [2.05, 4.69) is 96.3 Å². The second-order valence-corrected chi connectivity index (χ2v) is 26.8. The van der Waals surface area contributed by atoms with Crippen LogP contribution in [0.25, 0.3) is 0 Å². The van der Waals surface area contributed by atoms with Gasteiger partial charge in [0.05, 0.1) is 107 Å². The molecule has 32 nitrogen and oxygen atoms in total. The number of primary amides is 2. The summed E-state index contributed by atoms with van der Waals surface area (Å²) in [6.07, 6.45) is 15.8. The van der Waals surface area contributed by atoms with Crippen molar-refractivity contribution < 1.29 is 91.5 Å². The Balaban J connectivity index is -0.00000518. The van der Waals surface area contributed by atoms with Crippen molar-refractivity contribution in [3.63, 3.8) is 0 Å². The van der Waals surface area contributed by atoms with Crippen LogP contribution in [0.5, 0.6) is 0 Å². The summed E-state index contributed by atoms with van der Waals surface area (Å²) in [7, 11) is 3.34. The molecule has 0 aromatic rings. The lowest BCUT2D eigenvalue weighted by Crippen LogP contribution is -2.57. The van der Waals surface area contributed by atoms with E-state index in [1.54, 1.807) is 27.9 Å². The van der Waals surface area contributed by atoms with Crippen molar-refractivity contribution in [3.05, 3.63) is 37.3 Å². The summed E-state index contributed by atoms with van der Waals surface area (Å²) in [6, 6.07) is -1.28. The highest BCUT2D eigenvalue weighted by Gasteiger charge is 2.28. The minimum Gasteiger partial charge on any atom is -0.411 e. The van der Waals surface area contributed by atoms with Crippen LogP contribution in [0.2, 0.25) is 0 Å². The Morgan fingerprint density at radius 3 is 1.26 bits per heavy atom. The van der Waals surface area contributed by atoms with E-state index in [1.165, 1.54) is 6.42 Å². The molecule has 0 aromatic heterocycles. The highest BCUT2D eigenvalue weighted by Crippen LogP contribution is 2.17.